The molecular formula is C9H16FN5. The Morgan fingerprint density at radius 2 is 1.80 bits per heavy atom. The van der Waals surface area contributed by atoms with Crippen molar-refractivity contribution in [2.24, 2.45) is 0 Å². The Hall–Kier alpha value is -1.46. The number of nitrogens with one attached hydrogen (secondary N) is 1. The molecule has 5 nitrogen and oxygen atoms in total. The maximum atomic E-state index is 13.1. The first-order chi connectivity index (χ1) is 7.21. The average molecular weight is 213 g/mol. The van der Waals surface area contributed by atoms with Crippen molar-refractivity contribution in [3.8, 4) is 0 Å². The average Bonchev–Trinajstić information content (AvgIpc) is 2.19. The molecule has 0 spiro atoms. The molecule has 0 bridgehead atoms. The van der Waals surface area contributed by atoms with Gasteiger partial charge in [-0.05, 0) is 20.8 Å². The molecule has 0 atom stereocenters. The molecule has 0 amide bonds. The van der Waals surface area contributed by atoms with E-state index in [0.29, 0.717) is 12.5 Å². The summed E-state index contributed by atoms with van der Waals surface area (Å²) in [5, 5.41) is 2.86. The van der Waals surface area contributed by atoms with Crippen LogP contribution in [0.5, 0.6) is 0 Å². The van der Waals surface area contributed by atoms with Crippen LogP contribution < -0.4 is 10.2 Å². The highest BCUT2D eigenvalue weighted by molar-refractivity contribution is 5.35. The van der Waals surface area contributed by atoms with Gasteiger partial charge in [0.05, 0.1) is 0 Å². The van der Waals surface area contributed by atoms with Gasteiger partial charge >= 0.3 is 6.08 Å². The Bertz CT molecular complexity index is 313. The zero-order valence-corrected chi connectivity index (χ0v) is 9.29. The van der Waals surface area contributed by atoms with Gasteiger partial charge in [-0.25, -0.2) is 0 Å². The smallest absolute Gasteiger partial charge is 0.315 e. The van der Waals surface area contributed by atoms with Crippen LogP contribution in [0.1, 0.15) is 20.8 Å². The molecule has 0 aliphatic rings. The minimum absolute atomic E-state index is 0.284. The second kappa shape index (κ2) is 5.43. The molecule has 0 aliphatic carbocycles. The molecule has 15 heavy (non-hydrogen) atoms. The summed E-state index contributed by atoms with van der Waals surface area (Å²) in [6.45, 7) is 7.98. The number of halogens is 1. The molecular weight excluding hydrogens is 197 g/mol. The highest BCUT2D eigenvalue weighted by atomic mass is 19.1. The van der Waals surface area contributed by atoms with E-state index in [4.69, 9.17) is 0 Å². The number of aromatic nitrogens is 3. The van der Waals surface area contributed by atoms with Crippen molar-refractivity contribution in [3.05, 3.63) is 6.08 Å². The summed E-state index contributed by atoms with van der Waals surface area (Å²) >= 11 is 0. The zero-order chi connectivity index (χ0) is 11.3. The van der Waals surface area contributed by atoms with Crippen LogP contribution in [-0.4, -0.2) is 34.6 Å². The molecule has 1 N–H and O–H groups in total. The number of hydrogen-bond acceptors (Lipinski definition) is 5. The van der Waals surface area contributed by atoms with E-state index in [1.54, 1.807) is 0 Å². The fraction of sp³-hybridized carbons (Fsp3) is 0.667. The molecule has 84 valence electrons. The highest BCUT2D eigenvalue weighted by Gasteiger charge is 2.09. The first kappa shape index (κ1) is 11.6. The molecule has 1 aromatic heterocycles. The lowest BCUT2D eigenvalue weighted by atomic mass is 10.5. The summed E-state index contributed by atoms with van der Waals surface area (Å²) in [6.07, 6.45) is -0.747. The molecule has 0 radical (unpaired) electrons. The normalized spacial score (nSPS) is 10.1. The van der Waals surface area contributed by atoms with Gasteiger partial charge in [0, 0.05) is 19.6 Å². The van der Waals surface area contributed by atoms with Crippen molar-refractivity contribution < 1.29 is 4.39 Å². The lowest BCUT2D eigenvalue weighted by molar-refractivity contribution is 0.532. The number of nitrogens with zero attached hydrogens (tertiary/aromatic N) is 4. The largest absolute Gasteiger partial charge is 0.354 e. The van der Waals surface area contributed by atoms with Crippen molar-refractivity contribution in [2.75, 3.05) is 29.9 Å². The van der Waals surface area contributed by atoms with Crippen molar-refractivity contribution in [1.29, 1.82) is 0 Å². The third-order valence-electron chi connectivity index (χ3n) is 1.98. The van der Waals surface area contributed by atoms with Gasteiger partial charge in [-0.3, -0.25) is 0 Å². The Balaban J connectivity index is 2.96. The third-order valence-corrected chi connectivity index (χ3v) is 1.98. The maximum absolute atomic E-state index is 13.1. The van der Waals surface area contributed by atoms with E-state index in [0.717, 1.165) is 13.1 Å². The van der Waals surface area contributed by atoms with Crippen molar-refractivity contribution >= 4 is 11.9 Å². The van der Waals surface area contributed by atoms with Crippen molar-refractivity contribution in [3.63, 3.8) is 0 Å². The minimum Gasteiger partial charge on any atom is -0.354 e. The molecule has 1 rings (SSSR count). The van der Waals surface area contributed by atoms with Gasteiger partial charge in [0.15, 0.2) is 0 Å². The van der Waals surface area contributed by atoms with Crippen LogP contribution in [-0.2, 0) is 0 Å². The molecule has 1 heterocycles. The van der Waals surface area contributed by atoms with Crippen LogP contribution in [0.25, 0.3) is 0 Å². The highest BCUT2D eigenvalue weighted by Crippen LogP contribution is 2.09. The molecule has 0 saturated carbocycles. The number of hydrogen-bond donors (Lipinski definition) is 1. The van der Waals surface area contributed by atoms with Gasteiger partial charge < -0.3 is 10.2 Å². The Morgan fingerprint density at radius 3 is 2.33 bits per heavy atom. The van der Waals surface area contributed by atoms with Crippen LogP contribution in [0, 0.1) is 6.08 Å². The van der Waals surface area contributed by atoms with Gasteiger partial charge in [-0.15, -0.1) is 0 Å². The van der Waals surface area contributed by atoms with Gasteiger partial charge in [-0.1, -0.05) is 0 Å². The van der Waals surface area contributed by atoms with E-state index in [1.807, 2.05) is 25.7 Å². The number of rotatable bonds is 5. The molecule has 0 fully saturated rings. The topological polar surface area (TPSA) is 53.9 Å². The lowest BCUT2D eigenvalue weighted by Gasteiger charge is -2.18. The summed E-state index contributed by atoms with van der Waals surface area (Å²) in [6, 6.07) is 0. The Labute approximate surface area is 88.8 Å². The first-order valence-corrected chi connectivity index (χ1v) is 5.11. The molecule has 0 unspecified atom stereocenters. The lowest BCUT2D eigenvalue weighted by Crippen LogP contribution is -2.25. The van der Waals surface area contributed by atoms with Crippen molar-refractivity contribution in [1.82, 2.24) is 15.0 Å². The summed E-state index contributed by atoms with van der Waals surface area (Å²) in [5.74, 6) is 0.662. The Kier molecular flexibility index (Phi) is 4.20. The van der Waals surface area contributed by atoms with E-state index in [-0.39, 0.29) is 5.95 Å². The van der Waals surface area contributed by atoms with Gasteiger partial charge in [-0.2, -0.15) is 19.3 Å². The van der Waals surface area contributed by atoms with Crippen LogP contribution in [0.15, 0.2) is 0 Å². The summed E-state index contributed by atoms with van der Waals surface area (Å²) < 4.78 is 13.1. The van der Waals surface area contributed by atoms with Crippen LogP contribution in [0.3, 0.4) is 0 Å². The molecule has 1 aromatic rings. The van der Waals surface area contributed by atoms with E-state index in [2.05, 4.69) is 20.3 Å². The minimum atomic E-state index is -0.747. The molecule has 0 aromatic carbocycles. The van der Waals surface area contributed by atoms with Gasteiger partial charge in [0.1, 0.15) is 0 Å². The fourth-order valence-corrected chi connectivity index (χ4v) is 1.22. The first-order valence-electron chi connectivity index (χ1n) is 5.11. The second-order valence-electron chi connectivity index (χ2n) is 2.93. The SMILES string of the molecule is CCNc1nc(F)nc(N(CC)CC)n1. The summed E-state index contributed by atoms with van der Waals surface area (Å²) in [7, 11) is 0. The van der Waals surface area contributed by atoms with E-state index in [1.165, 1.54) is 0 Å². The fourth-order valence-electron chi connectivity index (χ4n) is 1.22. The standard InChI is InChI=1S/C9H16FN5/c1-4-11-8-12-7(10)13-9(14-8)15(5-2)6-3/h4-6H2,1-3H3,(H,11,12,13,14). The third kappa shape index (κ3) is 3.00. The van der Waals surface area contributed by atoms with E-state index < -0.39 is 6.08 Å². The van der Waals surface area contributed by atoms with E-state index in [9.17, 15) is 4.39 Å². The molecule has 0 saturated heterocycles. The van der Waals surface area contributed by atoms with E-state index >= 15 is 0 Å². The molecule has 6 heteroatoms. The predicted octanol–water partition coefficient (Wildman–Crippen LogP) is 1.29. The maximum Gasteiger partial charge on any atom is 0.315 e. The van der Waals surface area contributed by atoms with Crippen LogP contribution in [0.2, 0.25) is 0 Å². The van der Waals surface area contributed by atoms with Gasteiger partial charge in [0.25, 0.3) is 0 Å². The second-order valence-corrected chi connectivity index (χ2v) is 2.93. The molecule has 0 aliphatic heterocycles. The summed E-state index contributed by atoms with van der Waals surface area (Å²) in [5.41, 5.74) is 0. The van der Waals surface area contributed by atoms with Crippen molar-refractivity contribution in [2.45, 2.75) is 20.8 Å². The summed E-state index contributed by atoms with van der Waals surface area (Å²) in [4.78, 5) is 13.2. The Morgan fingerprint density at radius 1 is 1.13 bits per heavy atom. The van der Waals surface area contributed by atoms with Crippen LogP contribution >= 0.6 is 0 Å². The quantitative estimate of drug-likeness (QED) is 0.798. The predicted molar refractivity (Wildman–Crippen MR) is 57.5 cm³/mol. The van der Waals surface area contributed by atoms with Crippen LogP contribution in [0.4, 0.5) is 16.3 Å². The zero-order valence-electron chi connectivity index (χ0n) is 9.29. The monoisotopic (exact) mass is 213 g/mol. The number of anilines is 2. The van der Waals surface area contributed by atoms with Gasteiger partial charge in [0.2, 0.25) is 11.9 Å².